The molecular formula is C13H19ClN2O2. The van der Waals surface area contributed by atoms with Gasteiger partial charge in [0.1, 0.15) is 0 Å². The number of carbonyl (C=O) groups is 1. The minimum absolute atomic E-state index is 0.0338. The Morgan fingerprint density at radius 3 is 2.61 bits per heavy atom. The fraction of sp³-hybridized carbons (Fsp3) is 0.462. The van der Waals surface area contributed by atoms with Crippen molar-refractivity contribution in [2.45, 2.75) is 25.9 Å². The van der Waals surface area contributed by atoms with Gasteiger partial charge in [-0.05, 0) is 25.5 Å². The predicted octanol–water partition coefficient (Wildman–Crippen LogP) is 2.74. The van der Waals surface area contributed by atoms with Gasteiger partial charge in [0.2, 0.25) is 0 Å². The molecule has 0 aliphatic carbocycles. The molecule has 2 atom stereocenters. The number of rotatable bonds is 5. The minimum Gasteiger partial charge on any atom is -0.383 e. The van der Waals surface area contributed by atoms with Crippen LogP contribution in [-0.2, 0) is 4.74 Å². The van der Waals surface area contributed by atoms with Gasteiger partial charge in [-0.25, -0.2) is 4.79 Å². The molecule has 2 amide bonds. The summed E-state index contributed by atoms with van der Waals surface area (Å²) in [5, 5.41) is 6.27. The topological polar surface area (TPSA) is 50.4 Å². The highest BCUT2D eigenvalue weighted by Crippen LogP contribution is 2.21. The molecule has 2 N–H and O–H groups in total. The number of amides is 2. The Kier molecular flexibility index (Phi) is 5.95. The lowest BCUT2D eigenvalue weighted by atomic mass is 10.1. The molecule has 0 saturated carbocycles. The molecule has 0 heterocycles. The van der Waals surface area contributed by atoms with E-state index in [9.17, 15) is 4.79 Å². The minimum atomic E-state index is -0.230. The highest BCUT2D eigenvalue weighted by Gasteiger charge is 2.13. The fourth-order valence-corrected chi connectivity index (χ4v) is 1.96. The van der Waals surface area contributed by atoms with E-state index in [2.05, 4.69) is 10.6 Å². The van der Waals surface area contributed by atoms with Crippen LogP contribution in [0.25, 0.3) is 0 Å². The van der Waals surface area contributed by atoms with Crippen LogP contribution >= 0.6 is 11.6 Å². The molecule has 2 unspecified atom stereocenters. The average Bonchev–Trinajstić information content (AvgIpc) is 2.29. The Morgan fingerprint density at radius 2 is 2.00 bits per heavy atom. The van der Waals surface area contributed by atoms with Gasteiger partial charge in [-0.3, -0.25) is 0 Å². The predicted molar refractivity (Wildman–Crippen MR) is 72.9 cm³/mol. The van der Waals surface area contributed by atoms with E-state index in [4.69, 9.17) is 16.3 Å². The maximum atomic E-state index is 11.7. The maximum Gasteiger partial charge on any atom is 0.315 e. The van der Waals surface area contributed by atoms with Gasteiger partial charge >= 0.3 is 6.03 Å². The van der Waals surface area contributed by atoms with Crippen molar-refractivity contribution >= 4 is 17.6 Å². The molecule has 0 aliphatic heterocycles. The largest absolute Gasteiger partial charge is 0.383 e. The SMILES string of the molecule is COCC(C)NC(=O)NC(C)c1ccccc1Cl. The lowest BCUT2D eigenvalue weighted by Gasteiger charge is -2.18. The quantitative estimate of drug-likeness (QED) is 0.864. The fourth-order valence-electron chi connectivity index (χ4n) is 1.66. The van der Waals surface area contributed by atoms with Gasteiger partial charge in [0.05, 0.1) is 18.7 Å². The van der Waals surface area contributed by atoms with Crippen LogP contribution in [0.2, 0.25) is 5.02 Å². The van der Waals surface area contributed by atoms with Crippen molar-refractivity contribution in [2.24, 2.45) is 0 Å². The Morgan fingerprint density at radius 1 is 1.33 bits per heavy atom. The van der Waals surface area contributed by atoms with Crippen LogP contribution in [0.15, 0.2) is 24.3 Å². The first kappa shape index (κ1) is 14.8. The zero-order valence-corrected chi connectivity index (χ0v) is 11.6. The molecule has 0 saturated heterocycles. The number of hydrogen-bond acceptors (Lipinski definition) is 2. The van der Waals surface area contributed by atoms with Gasteiger partial charge in [-0.2, -0.15) is 0 Å². The summed E-state index contributed by atoms with van der Waals surface area (Å²) in [7, 11) is 1.60. The lowest BCUT2D eigenvalue weighted by Crippen LogP contribution is -2.43. The Labute approximate surface area is 113 Å². The molecule has 18 heavy (non-hydrogen) atoms. The summed E-state index contributed by atoms with van der Waals surface area (Å²) in [6.07, 6.45) is 0. The second-order valence-electron chi connectivity index (χ2n) is 4.22. The average molecular weight is 271 g/mol. The van der Waals surface area contributed by atoms with Crippen LogP contribution in [-0.4, -0.2) is 25.8 Å². The summed E-state index contributed by atoms with van der Waals surface area (Å²) in [5.74, 6) is 0. The van der Waals surface area contributed by atoms with Gasteiger partial charge in [-0.15, -0.1) is 0 Å². The second kappa shape index (κ2) is 7.24. The summed E-state index contributed by atoms with van der Waals surface area (Å²) in [5.41, 5.74) is 0.897. The van der Waals surface area contributed by atoms with E-state index in [0.29, 0.717) is 11.6 Å². The standard InChI is InChI=1S/C13H19ClN2O2/c1-9(8-18-3)15-13(17)16-10(2)11-6-4-5-7-12(11)14/h4-7,9-10H,8H2,1-3H3,(H2,15,16,17). The third kappa shape index (κ3) is 4.55. The summed E-state index contributed by atoms with van der Waals surface area (Å²) < 4.78 is 4.95. The molecule has 1 aromatic rings. The molecule has 1 aromatic carbocycles. The van der Waals surface area contributed by atoms with Crippen molar-refractivity contribution in [3.8, 4) is 0 Å². The summed E-state index contributed by atoms with van der Waals surface area (Å²) >= 11 is 6.07. The normalized spacial score (nSPS) is 13.8. The van der Waals surface area contributed by atoms with E-state index in [-0.39, 0.29) is 18.1 Å². The van der Waals surface area contributed by atoms with E-state index >= 15 is 0 Å². The van der Waals surface area contributed by atoms with E-state index in [1.807, 2.05) is 32.0 Å². The molecule has 5 heteroatoms. The highest BCUT2D eigenvalue weighted by atomic mass is 35.5. The summed E-state index contributed by atoms with van der Waals surface area (Å²) in [4.78, 5) is 11.7. The zero-order valence-electron chi connectivity index (χ0n) is 10.9. The van der Waals surface area contributed by atoms with Crippen LogP contribution in [0.4, 0.5) is 4.79 Å². The molecule has 0 aliphatic rings. The third-order valence-electron chi connectivity index (χ3n) is 2.51. The Balaban J connectivity index is 2.52. The number of benzene rings is 1. The first-order valence-corrected chi connectivity index (χ1v) is 6.22. The van der Waals surface area contributed by atoms with Crippen molar-refractivity contribution in [3.63, 3.8) is 0 Å². The number of urea groups is 1. The number of hydrogen-bond donors (Lipinski definition) is 2. The molecular weight excluding hydrogens is 252 g/mol. The second-order valence-corrected chi connectivity index (χ2v) is 4.62. The number of methoxy groups -OCH3 is 1. The Hall–Kier alpha value is -1.26. The molecule has 0 spiro atoms. The molecule has 0 aromatic heterocycles. The van der Waals surface area contributed by atoms with Crippen LogP contribution in [0.5, 0.6) is 0 Å². The summed E-state index contributed by atoms with van der Waals surface area (Å²) in [6.45, 7) is 4.25. The van der Waals surface area contributed by atoms with Gasteiger partial charge < -0.3 is 15.4 Å². The molecule has 4 nitrogen and oxygen atoms in total. The first-order valence-electron chi connectivity index (χ1n) is 5.85. The van der Waals surface area contributed by atoms with Gasteiger partial charge in [0.15, 0.2) is 0 Å². The van der Waals surface area contributed by atoms with Crippen molar-refractivity contribution in [3.05, 3.63) is 34.9 Å². The molecule has 1 rings (SSSR count). The molecule has 0 fully saturated rings. The highest BCUT2D eigenvalue weighted by molar-refractivity contribution is 6.31. The van der Waals surface area contributed by atoms with Gasteiger partial charge in [0.25, 0.3) is 0 Å². The molecule has 100 valence electrons. The number of nitrogens with one attached hydrogen (secondary N) is 2. The van der Waals surface area contributed by atoms with E-state index in [1.54, 1.807) is 13.2 Å². The smallest absolute Gasteiger partial charge is 0.315 e. The number of halogens is 1. The number of carbonyl (C=O) groups excluding carboxylic acids is 1. The maximum absolute atomic E-state index is 11.7. The molecule has 0 radical (unpaired) electrons. The van der Waals surface area contributed by atoms with Crippen LogP contribution in [0.1, 0.15) is 25.5 Å². The van der Waals surface area contributed by atoms with Crippen molar-refractivity contribution < 1.29 is 9.53 Å². The van der Waals surface area contributed by atoms with Gasteiger partial charge in [0, 0.05) is 12.1 Å². The van der Waals surface area contributed by atoms with Crippen molar-refractivity contribution in [1.82, 2.24) is 10.6 Å². The Bertz CT molecular complexity index is 398. The first-order chi connectivity index (χ1) is 8.54. The number of ether oxygens (including phenoxy) is 1. The summed E-state index contributed by atoms with van der Waals surface area (Å²) in [6, 6.07) is 7.05. The van der Waals surface area contributed by atoms with E-state index < -0.39 is 0 Å². The van der Waals surface area contributed by atoms with Crippen LogP contribution < -0.4 is 10.6 Å². The van der Waals surface area contributed by atoms with E-state index in [0.717, 1.165) is 5.56 Å². The lowest BCUT2D eigenvalue weighted by molar-refractivity contribution is 0.170. The van der Waals surface area contributed by atoms with Gasteiger partial charge in [-0.1, -0.05) is 29.8 Å². The van der Waals surface area contributed by atoms with Crippen molar-refractivity contribution in [2.75, 3.05) is 13.7 Å². The van der Waals surface area contributed by atoms with Crippen LogP contribution in [0.3, 0.4) is 0 Å². The third-order valence-corrected chi connectivity index (χ3v) is 2.86. The molecule has 0 bridgehead atoms. The monoisotopic (exact) mass is 270 g/mol. The van der Waals surface area contributed by atoms with Crippen molar-refractivity contribution in [1.29, 1.82) is 0 Å². The van der Waals surface area contributed by atoms with Crippen LogP contribution in [0, 0.1) is 0 Å². The zero-order chi connectivity index (χ0) is 13.5. The van der Waals surface area contributed by atoms with E-state index in [1.165, 1.54) is 0 Å².